The lowest BCUT2D eigenvalue weighted by Gasteiger charge is -2.33. The summed E-state index contributed by atoms with van der Waals surface area (Å²) in [5, 5.41) is 3.03. The summed E-state index contributed by atoms with van der Waals surface area (Å²) in [6.07, 6.45) is 3.50. The van der Waals surface area contributed by atoms with Crippen molar-refractivity contribution < 1.29 is 13.2 Å². The Hall–Kier alpha value is -1.60. The molecule has 1 aliphatic carbocycles. The van der Waals surface area contributed by atoms with Crippen LogP contribution in [0.3, 0.4) is 0 Å². The number of anilines is 1. The Morgan fingerprint density at radius 1 is 1.14 bits per heavy atom. The number of urea groups is 1. The number of aryl methyl sites for hydroxylation is 2. The molecule has 1 aromatic carbocycles. The first-order chi connectivity index (χ1) is 13.0. The minimum atomic E-state index is -3.37. The highest BCUT2D eigenvalue weighted by molar-refractivity contribution is 7.90. The number of fused-ring (bicyclic) bond motifs is 1. The lowest BCUT2D eigenvalue weighted by molar-refractivity contribution is 0.193. The average Bonchev–Trinajstić information content (AvgIpc) is 2.95. The smallest absolute Gasteiger partial charge is 0.321 e. The topological polar surface area (TPSA) is 78.5 Å². The third-order valence-electron chi connectivity index (χ3n) is 5.97. The molecule has 1 atom stereocenters. The van der Waals surface area contributed by atoms with E-state index in [2.05, 4.69) is 36.0 Å². The first kappa shape index (κ1) is 21.1. The fourth-order valence-electron chi connectivity index (χ4n) is 4.17. The summed E-state index contributed by atoms with van der Waals surface area (Å²) >= 11 is 0. The Labute approximate surface area is 169 Å². The fourth-order valence-corrected chi connectivity index (χ4v) is 5.20. The highest BCUT2D eigenvalue weighted by Crippen LogP contribution is 2.37. The summed E-state index contributed by atoms with van der Waals surface area (Å²) in [7, 11) is -3.37. The molecule has 1 aromatic rings. The maximum Gasteiger partial charge on any atom is 0.321 e. The monoisotopic (exact) mass is 407 g/mol. The van der Waals surface area contributed by atoms with Crippen LogP contribution in [0.15, 0.2) is 12.1 Å². The molecule has 1 fully saturated rings. The summed E-state index contributed by atoms with van der Waals surface area (Å²) < 4.78 is 26.6. The third kappa shape index (κ3) is 4.35. The first-order valence-electron chi connectivity index (χ1n) is 10.2. The van der Waals surface area contributed by atoms with Gasteiger partial charge in [0.1, 0.15) is 0 Å². The van der Waals surface area contributed by atoms with Gasteiger partial charge in [0, 0.05) is 24.8 Å². The number of carbonyl (C=O) groups excluding carboxylic acids is 1. The van der Waals surface area contributed by atoms with E-state index in [1.165, 1.54) is 23.1 Å². The Kier molecular flexibility index (Phi) is 5.79. The van der Waals surface area contributed by atoms with E-state index < -0.39 is 14.8 Å². The lowest BCUT2D eigenvalue weighted by atomic mass is 9.97. The molecular weight excluding hydrogens is 374 g/mol. The predicted molar refractivity (Wildman–Crippen MR) is 113 cm³/mol. The van der Waals surface area contributed by atoms with Gasteiger partial charge >= 0.3 is 6.03 Å². The van der Waals surface area contributed by atoms with Gasteiger partial charge in [0.2, 0.25) is 10.0 Å². The molecule has 0 bridgehead atoms. The summed E-state index contributed by atoms with van der Waals surface area (Å²) in [4.78, 5) is 14.4. The Morgan fingerprint density at radius 2 is 1.79 bits per heavy atom. The fraction of sp³-hybridized carbons (Fsp3) is 0.667. The summed E-state index contributed by atoms with van der Waals surface area (Å²) in [6.45, 7) is 10.5. The molecule has 1 aliphatic heterocycles. The van der Waals surface area contributed by atoms with Gasteiger partial charge in [-0.3, -0.25) is 0 Å². The number of amides is 2. The molecule has 1 saturated heterocycles. The van der Waals surface area contributed by atoms with Crippen LogP contribution in [0.1, 0.15) is 69.6 Å². The second-order valence-electron chi connectivity index (χ2n) is 9.23. The van der Waals surface area contributed by atoms with Gasteiger partial charge in [-0.2, -0.15) is 0 Å². The molecule has 2 N–H and O–H groups in total. The van der Waals surface area contributed by atoms with Crippen molar-refractivity contribution >= 4 is 21.7 Å². The molecule has 1 heterocycles. The first-order valence-corrected chi connectivity index (χ1v) is 11.7. The number of piperidine rings is 1. The van der Waals surface area contributed by atoms with Crippen LogP contribution < -0.4 is 10.0 Å². The standard InChI is InChI=1S/C21H33N3O3S/c1-14-6-7-16-13-18(12-15(2)19(14)16)22-20(25)24-10-8-17(9-11-24)23-28(26,27)21(3,4)5/h12-14,17,23H,6-11H2,1-5H3,(H,22,25). The number of likely N-dealkylation sites (tertiary alicyclic amines) is 1. The van der Waals surface area contributed by atoms with E-state index >= 15 is 0 Å². The zero-order chi connectivity index (χ0) is 20.7. The van der Waals surface area contributed by atoms with Gasteiger partial charge in [-0.25, -0.2) is 17.9 Å². The number of sulfonamides is 1. The number of rotatable bonds is 3. The normalized spacial score (nSPS) is 20.9. The zero-order valence-electron chi connectivity index (χ0n) is 17.6. The van der Waals surface area contributed by atoms with E-state index in [9.17, 15) is 13.2 Å². The number of hydrogen-bond donors (Lipinski definition) is 2. The molecular formula is C21H33N3O3S. The maximum absolute atomic E-state index is 12.7. The van der Waals surface area contributed by atoms with Crippen molar-refractivity contribution in [1.82, 2.24) is 9.62 Å². The molecule has 3 rings (SSSR count). The molecule has 2 amide bonds. The highest BCUT2D eigenvalue weighted by Gasteiger charge is 2.33. The van der Waals surface area contributed by atoms with Crippen LogP contribution in [0.25, 0.3) is 0 Å². The van der Waals surface area contributed by atoms with E-state index in [0.29, 0.717) is 31.8 Å². The van der Waals surface area contributed by atoms with Crippen LogP contribution in [0.2, 0.25) is 0 Å². The van der Waals surface area contributed by atoms with E-state index in [-0.39, 0.29) is 12.1 Å². The van der Waals surface area contributed by atoms with E-state index in [1.807, 2.05) is 0 Å². The number of nitrogens with one attached hydrogen (secondary N) is 2. The Morgan fingerprint density at radius 3 is 2.39 bits per heavy atom. The number of hydrogen-bond acceptors (Lipinski definition) is 3. The number of carbonyl (C=O) groups is 1. The van der Waals surface area contributed by atoms with Gasteiger partial charge in [-0.05, 0) is 88.1 Å². The third-order valence-corrected chi connectivity index (χ3v) is 8.23. The predicted octanol–water partition coefficient (Wildman–Crippen LogP) is 3.76. The van der Waals surface area contributed by atoms with Crippen LogP contribution in [0, 0.1) is 6.92 Å². The van der Waals surface area contributed by atoms with Gasteiger partial charge in [0.25, 0.3) is 0 Å². The molecule has 0 spiro atoms. The molecule has 0 saturated carbocycles. The van der Waals surface area contributed by atoms with Crippen molar-refractivity contribution in [1.29, 1.82) is 0 Å². The van der Waals surface area contributed by atoms with Crippen LogP contribution >= 0.6 is 0 Å². The van der Waals surface area contributed by atoms with Crippen molar-refractivity contribution in [2.75, 3.05) is 18.4 Å². The highest BCUT2D eigenvalue weighted by atomic mass is 32.2. The molecule has 6 nitrogen and oxygen atoms in total. The molecule has 156 valence electrons. The minimum absolute atomic E-state index is 0.109. The van der Waals surface area contributed by atoms with Gasteiger partial charge in [-0.15, -0.1) is 0 Å². The van der Waals surface area contributed by atoms with Gasteiger partial charge in [0.15, 0.2) is 0 Å². The van der Waals surface area contributed by atoms with Gasteiger partial charge in [0.05, 0.1) is 4.75 Å². The molecule has 1 unspecified atom stereocenters. The zero-order valence-corrected chi connectivity index (χ0v) is 18.4. The average molecular weight is 408 g/mol. The van der Waals surface area contributed by atoms with Crippen molar-refractivity contribution in [3.05, 3.63) is 28.8 Å². The van der Waals surface area contributed by atoms with Gasteiger partial charge < -0.3 is 10.2 Å². The maximum atomic E-state index is 12.7. The van der Waals surface area contributed by atoms with E-state index in [0.717, 1.165) is 12.1 Å². The number of benzene rings is 1. The van der Waals surface area contributed by atoms with Crippen molar-refractivity contribution in [3.8, 4) is 0 Å². The summed E-state index contributed by atoms with van der Waals surface area (Å²) in [5.74, 6) is 0.593. The summed E-state index contributed by atoms with van der Waals surface area (Å²) in [6, 6.07) is 3.94. The van der Waals surface area contributed by atoms with Crippen molar-refractivity contribution in [2.45, 2.75) is 77.0 Å². The molecule has 0 radical (unpaired) electrons. The summed E-state index contributed by atoms with van der Waals surface area (Å²) in [5.41, 5.74) is 4.88. The van der Waals surface area contributed by atoms with E-state index in [4.69, 9.17) is 0 Å². The molecule has 28 heavy (non-hydrogen) atoms. The SMILES string of the molecule is Cc1cc(NC(=O)N2CCC(NS(=O)(=O)C(C)(C)C)CC2)cc2c1C(C)CC2. The van der Waals surface area contributed by atoms with Crippen LogP contribution in [0.5, 0.6) is 0 Å². The second-order valence-corrected chi connectivity index (χ2v) is 11.7. The van der Waals surface area contributed by atoms with Crippen molar-refractivity contribution in [2.24, 2.45) is 0 Å². The van der Waals surface area contributed by atoms with Crippen molar-refractivity contribution in [3.63, 3.8) is 0 Å². The molecule has 0 aromatic heterocycles. The minimum Gasteiger partial charge on any atom is -0.324 e. The lowest BCUT2D eigenvalue weighted by Crippen LogP contribution is -2.50. The quantitative estimate of drug-likeness (QED) is 0.801. The van der Waals surface area contributed by atoms with Crippen LogP contribution in [-0.2, 0) is 16.4 Å². The van der Waals surface area contributed by atoms with Crippen LogP contribution in [0.4, 0.5) is 10.5 Å². The Bertz CT molecular complexity index is 850. The van der Waals surface area contributed by atoms with E-state index in [1.54, 1.807) is 25.7 Å². The molecule has 7 heteroatoms. The molecule has 2 aliphatic rings. The van der Waals surface area contributed by atoms with Gasteiger partial charge in [-0.1, -0.05) is 6.92 Å². The second kappa shape index (κ2) is 7.67. The largest absolute Gasteiger partial charge is 0.324 e. The Balaban J connectivity index is 1.57. The van der Waals surface area contributed by atoms with Crippen LogP contribution in [-0.4, -0.2) is 43.2 Å². The number of nitrogens with zero attached hydrogens (tertiary/aromatic N) is 1.